The van der Waals surface area contributed by atoms with Crippen LogP contribution in [0.5, 0.6) is 0 Å². The molecule has 7 heteroatoms. The van der Waals surface area contributed by atoms with Crippen molar-refractivity contribution in [2.75, 3.05) is 19.6 Å². The van der Waals surface area contributed by atoms with Crippen LogP contribution in [0.1, 0.15) is 27.2 Å². The van der Waals surface area contributed by atoms with Crippen LogP contribution in [0, 0.1) is 5.92 Å². The van der Waals surface area contributed by atoms with Crippen LogP contribution in [0.4, 0.5) is 0 Å². The first-order chi connectivity index (χ1) is 8.73. The van der Waals surface area contributed by atoms with Crippen LogP contribution in [0.15, 0.2) is 0 Å². The molecule has 19 heavy (non-hydrogen) atoms. The third-order valence-electron chi connectivity index (χ3n) is 2.65. The molecule has 0 bridgehead atoms. The Labute approximate surface area is 113 Å². The molecule has 1 atom stereocenters. The summed E-state index contributed by atoms with van der Waals surface area (Å²) in [6.45, 7) is 5.50. The zero-order valence-electron chi connectivity index (χ0n) is 11.7. The number of rotatable bonds is 9. The fourth-order valence-corrected chi connectivity index (χ4v) is 1.50. The van der Waals surface area contributed by atoms with E-state index in [4.69, 9.17) is 10.8 Å². The Bertz CT molecular complexity index is 315. The minimum absolute atomic E-state index is 0.259. The number of nitrogens with two attached hydrogens (primary N) is 1. The number of carboxylic acid groups (broad SMARTS) is 1. The highest BCUT2D eigenvalue weighted by Gasteiger charge is 2.24. The molecule has 7 nitrogen and oxygen atoms in total. The Kier molecular flexibility index (Phi) is 7.74. The second-order valence-electron chi connectivity index (χ2n) is 4.91. The molecule has 1 unspecified atom stereocenters. The van der Waals surface area contributed by atoms with Crippen LogP contribution in [0.2, 0.25) is 0 Å². The zero-order chi connectivity index (χ0) is 15.0. The van der Waals surface area contributed by atoms with Crippen molar-refractivity contribution in [3.63, 3.8) is 0 Å². The van der Waals surface area contributed by atoms with E-state index in [1.165, 1.54) is 4.90 Å². The fourth-order valence-electron chi connectivity index (χ4n) is 1.50. The summed E-state index contributed by atoms with van der Waals surface area (Å²) in [7, 11) is 0. The van der Waals surface area contributed by atoms with Crippen molar-refractivity contribution in [3.8, 4) is 0 Å². The van der Waals surface area contributed by atoms with E-state index in [9.17, 15) is 14.4 Å². The molecular formula is C12H23N3O4. The van der Waals surface area contributed by atoms with Crippen molar-refractivity contribution in [1.82, 2.24) is 10.2 Å². The van der Waals surface area contributed by atoms with Crippen LogP contribution in [-0.2, 0) is 14.4 Å². The van der Waals surface area contributed by atoms with Gasteiger partial charge in [0.2, 0.25) is 11.8 Å². The zero-order valence-corrected chi connectivity index (χ0v) is 11.7. The van der Waals surface area contributed by atoms with Gasteiger partial charge in [0.25, 0.3) is 0 Å². The molecule has 0 aliphatic heterocycles. The van der Waals surface area contributed by atoms with Crippen LogP contribution >= 0.6 is 0 Å². The second kappa shape index (κ2) is 8.47. The first-order valence-corrected chi connectivity index (χ1v) is 6.25. The minimum Gasteiger partial charge on any atom is -0.480 e. The number of aliphatic carboxylic acids is 1. The van der Waals surface area contributed by atoms with E-state index in [1.807, 2.05) is 13.8 Å². The lowest BCUT2D eigenvalue weighted by atomic mass is 10.1. The highest BCUT2D eigenvalue weighted by molar-refractivity contribution is 5.84. The van der Waals surface area contributed by atoms with E-state index in [-0.39, 0.29) is 12.5 Å². The number of amides is 2. The number of nitrogens with one attached hydrogen (secondary N) is 1. The molecule has 0 heterocycles. The summed E-state index contributed by atoms with van der Waals surface area (Å²) in [6.07, 6.45) is 0.840. The standard InChI is InChI=1S/C12H23N3O4/c1-8(2)4-5-14-12(19)9(3)15(6-10(13)16)7-11(17)18/h8-9H,4-7H2,1-3H3,(H2,13,16)(H,14,19)(H,17,18). The first-order valence-electron chi connectivity index (χ1n) is 6.25. The van der Waals surface area contributed by atoms with Gasteiger partial charge in [-0.05, 0) is 19.3 Å². The second-order valence-corrected chi connectivity index (χ2v) is 4.91. The van der Waals surface area contributed by atoms with Crippen molar-refractivity contribution in [2.24, 2.45) is 11.7 Å². The molecule has 0 aromatic carbocycles. The predicted octanol–water partition coefficient (Wildman–Crippen LogP) is -0.591. The van der Waals surface area contributed by atoms with Gasteiger partial charge < -0.3 is 16.2 Å². The molecule has 0 radical (unpaired) electrons. The van der Waals surface area contributed by atoms with Crippen molar-refractivity contribution >= 4 is 17.8 Å². The average Bonchev–Trinajstić information content (AvgIpc) is 2.25. The first kappa shape index (κ1) is 17.4. The van der Waals surface area contributed by atoms with E-state index in [1.54, 1.807) is 6.92 Å². The molecular weight excluding hydrogens is 250 g/mol. The molecule has 110 valence electrons. The Morgan fingerprint density at radius 1 is 1.21 bits per heavy atom. The molecule has 0 saturated carbocycles. The van der Waals surface area contributed by atoms with E-state index in [2.05, 4.69) is 5.32 Å². The summed E-state index contributed by atoms with van der Waals surface area (Å²) in [5.41, 5.74) is 5.04. The molecule has 0 saturated heterocycles. The largest absolute Gasteiger partial charge is 0.480 e. The van der Waals surface area contributed by atoms with Gasteiger partial charge in [0.05, 0.1) is 19.1 Å². The lowest BCUT2D eigenvalue weighted by Gasteiger charge is -2.25. The summed E-state index contributed by atoms with van der Waals surface area (Å²) in [5.74, 6) is -1.61. The Balaban J connectivity index is 4.42. The number of carbonyl (C=O) groups excluding carboxylic acids is 2. The topological polar surface area (TPSA) is 113 Å². The van der Waals surface area contributed by atoms with Crippen LogP contribution in [0.25, 0.3) is 0 Å². The van der Waals surface area contributed by atoms with Gasteiger partial charge in [-0.15, -0.1) is 0 Å². The number of carboxylic acids is 1. The number of nitrogens with zero attached hydrogens (tertiary/aromatic N) is 1. The van der Waals surface area contributed by atoms with Crippen molar-refractivity contribution in [1.29, 1.82) is 0 Å². The maximum atomic E-state index is 11.8. The number of carbonyl (C=O) groups is 3. The maximum Gasteiger partial charge on any atom is 0.317 e. The summed E-state index contributed by atoms with van der Waals surface area (Å²) < 4.78 is 0. The maximum absolute atomic E-state index is 11.8. The van der Waals surface area contributed by atoms with E-state index < -0.39 is 24.5 Å². The predicted molar refractivity (Wildman–Crippen MR) is 70.3 cm³/mol. The van der Waals surface area contributed by atoms with Crippen molar-refractivity contribution in [2.45, 2.75) is 33.2 Å². The van der Waals surface area contributed by atoms with Gasteiger partial charge in [-0.2, -0.15) is 0 Å². The minimum atomic E-state index is -1.11. The summed E-state index contributed by atoms with van der Waals surface area (Å²) in [6, 6.07) is -0.712. The Morgan fingerprint density at radius 3 is 2.21 bits per heavy atom. The number of hydrogen-bond donors (Lipinski definition) is 3. The molecule has 4 N–H and O–H groups in total. The van der Waals surface area contributed by atoms with E-state index in [0.29, 0.717) is 12.5 Å². The molecule has 0 aliphatic rings. The van der Waals surface area contributed by atoms with Crippen LogP contribution in [-0.4, -0.2) is 53.5 Å². The third-order valence-corrected chi connectivity index (χ3v) is 2.65. The Hall–Kier alpha value is -1.63. The van der Waals surface area contributed by atoms with Crippen molar-refractivity contribution < 1.29 is 19.5 Å². The van der Waals surface area contributed by atoms with Gasteiger partial charge in [0, 0.05) is 6.54 Å². The number of hydrogen-bond acceptors (Lipinski definition) is 4. The molecule has 2 amide bonds. The van der Waals surface area contributed by atoms with E-state index >= 15 is 0 Å². The van der Waals surface area contributed by atoms with Gasteiger partial charge in [-0.3, -0.25) is 19.3 Å². The van der Waals surface area contributed by atoms with Gasteiger partial charge in [0.15, 0.2) is 0 Å². The van der Waals surface area contributed by atoms with Gasteiger partial charge in [-0.1, -0.05) is 13.8 Å². The average molecular weight is 273 g/mol. The number of primary amides is 1. The summed E-state index contributed by atoms with van der Waals surface area (Å²) in [4.78, 5) is 34.6. The van der Waals surface area contributed by atoms with Gasteiger partial charge >= 0.3 is 5.97 Å². The lowest BCUT2D eigenvalue weighted by molar-refractivity contribution is -0.140. The lowest BCUT2D eigenvalue weighted by Crippen LogP contribution is -2.50. The van der Waals surface area contributed by atoms with Gasteiger partial charge in [0.1, 0.15) is 0 Å². The molecule has 0 aromatic heterocycles. The normalized spacial score (nSPS) is 12.5. The summed E-state index contributed by atoms with van der Waals surface area (Å²) >= 11 is 0. The summed E-state index contributed by atoms with van der Waals surface area (Å²) in [5, 5.41) is 11.5. The van der Waals surface area contributed by atoms with Crippen LogP contribution < -0.4 is 11.1 Å². The smallest absolute Gasteiger partial charge is 0.317 e. The van der Waals surface area contributed by atoms with E-state index in [0.717, 1.165) is 6.42 Å². The van der Waals surface area contributed by atoms with Gasteiger partial charge in [-0.25, -0.2) is 0 Å². The highest BCUT2D eigenvalue weighted by Crippen LogP contribution is 2.01. The monoisotopic (exact) mass is 273 g/mol. The van der Waals surface area contributed by atoms with Crippen LogP contribution in [0.3, 0.4) is 0 Å². The third kappa shape index (κ3) is 8.15. The SMILES string of the molecule is CC(C)CCNC(=O)C(C)N(CC(N)=O)CC(=O)O. The fraction of sp³-hybridized carbons (Fsp3) is 0.750. The molecule has 0 aliphatic carbocycles. The Morgan fingerprint density at radius 2 is 1.79 bits per heavy atom. The molecule has 0 fully saturated rings. The quantitative estimate of drug-likeness (QED) is 0.519. The molecule has 0 rings (SSSR count). The van der Waals surface area contributed by atoms with Crippen molar-refractivity contribution in [3.05, 3.63) is 0 Å². The molecule has 0 spiro atoms. The highest BCUT2D eigenvalue weighted by atomic mass is 16.4. The molecule has 0 aromatic rings.